The van der Waals surface area contributed by atoms with Crippen molar-refractivity contribution in [2.24, 2.45) is 5.92 Å². The normalized spacial score (nSPS) is 15.3. The van der Waals surface area contributed by atoms with Crippen LogP contribution in [0, 0.1) is 11.7 Å². The van der Waals surface area contributed by atoms with Gasteiger partial charge < -0.3 is 14.4 Å². The van der Waals surface area contributed by atoms with Crippen molar-refractivity contribution >= 4 is 5.91 Å². The Morgan fingerprint density at radius 1 is 1.06 bits per heavy atom. The number of aromatic nitrogens is 1. The molecule has 1 aliphatic heterocycles. The number of piperidine rings is 1. The molecule has 4 rings (SSSR count). The van der Waals surface area contributed by atoms with Gasteiger partial charge in [-0.2, -0.15) is 0 Å². The molecule has 0 aliphatic carbocycles. The van der Waals surface area contributed by atoms with Crippen LogP contribution in [0.1, 0.15) is 34.5 Å². The zero-order valence-electron chi connectivity index (χ0n) is 21.2. The summed E-state index contributed by atoms with van der Waals surface area (Å²) in [4.78, 5) is 21.9. The minimum atomic E-state index is -0.346. The molecule has 0 spiro atoms. The molecule has 1 saturated heterocycles. The number of hydrogen-bond acceptors (Lipinski definition) is 5. The molecule has 190 valence electrons. The third kappa shape index (κ3) is 6.21. The molecule has 1 aromatic heterocycles. The molecule has 1 atom stereocenters. The molecule has 1 aliphatic rings. The summed E-state index contributed by atoms with van der Waals surface area (Å²) in [5, 5.41) is 0. The fourth-order valence-electron chi connectivity index (χ4n) is 5.04. The minimum absolute atomic E-state index is 0.0275. The van der Waals surface area contributed by atoms with E-state index in [-0.39, 0.29) is 23.5 Å². The first-order valence-corrected chi connectivity index (χ1v) is 12.3. The average molecular weight is 492 g/mol. The zero-order chi connectivity index (χ0) is 25.5. The average Bonchev–Trinajstić information content (AvgIpc) is 2.93. The molecule has 36 heavy (non-hydrogen) atoms. The summed E-state index contributed by atoms with van der Waals surface area (Å²) in [6.07, 6.45) is 4.33. The van der Waals surface area contributed by atoms with Gasteiger partial charge in [0, 0.05) is 25.8 Å². The van der Waals surface area contributed by atoms with E-state index in [1.54, 1.807) is 25.4 Å². The first kappa shape index (κ1) is 25.6. The molecule has 1 fully saturated rings. The van der Waals surface area contributed by atoms with Crippen molar-refractivity contribution in [3.63, 3.8) is 0 Å². The maximum absolute atomic E-state index is 13.8. The lowest BCUT2D eigenvalue weighted by atomic mass is 9.84. The van der Waals surface area contributed by atoms with Crippen molar-refractivity contribution in [1.29, 1.82) is 0 Å². The second-order valence-electron chi connectivity index (χ2n) is 9.34. The lowest BCUT2D eigenvalue weighted by Crippen LogP contribution is -2.47. The summed E-state index contributed by atoms with van der Waals surface area (Å²) < 4.78 is 24.4. The molecule has 0 radical (unpaired) electrons. The van der Waals surface area contributed by atoms with Crippen LogP contribution in [0.4, 0.5) is 4.39 Å². The van der Waals surface area contributed by atoms with E-state index in [2.05, 4.69) is 16.0 Å². The Hall–Kier alpha value is -3.45. The van der Waals surface area contributed by atoms with Crippen LogP contribution in [0.2, 0.25) is 0 Å². The summed E-state index contributed by atoms with van der Waals surface area (Å²) in [6.45, 7) is 2.56. The van der Waals surface area contributed by atoms with Gasteiger partial charge in [-0.05, 0) is 85.8 Å². The number of likely N-dealkylation sites (tertiary alicyclic amines) is 1. The van der Waals surface area contributed by atoms with Crippen molar-refractivity contribution < 1.29 is 18.7 Å². The molecule has 3 aromatic rings. The Morgan fingerprint density at radius 2 is 1.86 bits per heavy atom. The van der Waals surface area contributed by atoms with Crippen molar-refractivity contribution in [2.45, 2.75) is 31.8 Å². The van der Waals surface area contributed by atoms with Gasteiger partial charge in [0.2, 0.25) is 0 Å². The number of hydrogen-bond donors (Lipinski definition) is 0. The highest BCUT2D eigenvalue weighted by Gasteiger charge is 2.32. The number of likely N-dealkylation sites (N-methyl/N-ethyl adjacent to an activating group) is 1. The lowest BCUT2D eigenvalue weighted by molar-refractivity contribution is 0.0579. The van der Waals surface area contributed by atoms with Crippen LogP contribution in [-0.4, -0.2) is 61.1 Å². The monoisotopic (exact) mass is 491 g/mol. The molecule has 1 amide bonds. The molecule has 0 saturated carbocycles. The smallest absolute Gasteiger partial charge is 0.272 e. The van der Waals surface area contributed by atoms with E-state index in [9.17, 15) is 9.18 Å². The number of halogens is 1. The van der Waals surface area contributed by atoms with Gasteiger partial charge in [0.15, 0.2) is 11.6 Å². The predicted molar refractivity (Wildman–Crippen MR) is 138 cm³/mol. The quantitative estimate of drug-likeness (QED) is 0.429. The van der Waals surface area contributed by atoms with Gasteiger partial charge in [0.1, 0.15) is 11.4 Å². The fourth-order valence-corrected chi connectivity index (χ4v) is 5.04. The van der Waals surface area contributed by atoms with Gasteiger partial charge >= 0.3 is 0 Å². The largest absolute Gasteiger partial charge is 0.497 e. The van der Waals surface area contributed by atoms with E-state index < -0.39 is 0 Å². The van der Waals surface area contributed by atoms with Crippen LogP contribution in [0.25, 0.3) is 0 Å². The van der Waals surface area contributed by atoms with E-state index in [1.165, 1.54) is 13.2 Å². The van der Waals surface area contributed by atoms with Crippen LogP contribution in [-0.2, 0) is 13.0 Å². The highest BCUT2D eigenvalue weighted by atomic mass is 19.1. The summed E-state index contributed by atoms with van der Waals surface area (Å²) in [6, 6.07) is 18.6. The van der Waals surface area contributed by atoms with E-state index >= 15 is 0 Å². The number of carbonyl (C=O) groups excluding carboxylic acids is 1. The van der Waals surface area contributed by atoms with E-state index in [0.29, 0.717) is 11.6 Å². The molecule has 7 heteroatoms. The standard InChI is InChI=1S/C29H34FN3O3/c1-32(29(34)26-9-4-5-14-31-26)27(18-21-7-6-8-24(17-21)35-2)23-12-15-33(16-13-23)20-22-10-11-25(30)28(19-22)36-3/h4-11,14,17,19,23,27H,12-13,15-16,18,20H2,1-3H3/t27-/m1/s1. The molecular weight excluding hydrogens is 457 g/mol. The van der Waals surface area contributed by atoms with E-state index in [4.69, 9.17) is 9.47 Å². The molecule has 6 nitrogen and oxygen atoms in total. The topological polar surface area (TPSA) is 54.9 Å². The Balaban J connectivity index is 1.48. The van der Waals surface area contributed by atoms with Gasteiger partial charge in [-0.25, -0.2) is 4.39 Å². The summed E-state index contributed by atoms with van der Waals surface area (Å²) in [5.41, 5.74) is 2.63. The molecule has 0 bridgehead atoms. The fraction of sp³-hybridized carbons (Fsp3) is 0.379. The number of amides is 1. The number of pyridine rings is 1. The number of methoxy groups -OCH3 is 2. The minimum Gasteiger partial charge on any atom is -0.497 e. The maximum Gasteiger partial charge on any atom is 0.272 e. The number of ether oxygens (including phenoxy) is 2. The van der Waals surface area contributed by atoms with E-state index in [0.717, 1.165) is 55.8 Å². The molecular formula is C29H34FN3O3. The van der Waals surface area contributed by atoms with Crippen molar-refractivity contribution in [3.8, 4) is 11.5 Å². The summed E-state index contributed by atoms with van der Waals surface area (Å²) in [7, 11) is 5.04. The number of rotatable bonds is 9. The molecule has 2 heterocycles. The highest BCUT2D eigenvalue weighted by molar-refractivity contribution is 5.92. The Labute approximate surface area is 212 Å². The van der Waals surface area contributed by atoms with Crippen molar-refractivity contribution in [1.82, 2.24) is 14.8 Å². The van der Waals surface area contributed by atoms with Crippen LogP contribution < -0.4 is 9.47 Å². The third-order valence-electron chi connectivity index (χ3n) is 7.08. The Kier molecular flexibility index (Phi) is 8.54. The SMILES string of the molecule is COc1cccc(C[C@H](C2CCN(Cc3ccc(F)c(OC)c3)CC2)N(C)C(=O)c2ccccn2)c1. The van der Waals surface area contributed by atoms with E-state index in [1.807, 2.05) is 48.3 Å². The first-order chi connectivity index (χ1) is 17.5. The van der Waals surface area contributed by atoms with Gasteiger partial charge in [0.05, 0.1) is 14.2 Å². The maximum atomic E-state index is 13.8. The summed E-state index contributed by atoms with van der Waals surface area (Å²) >= 11 is 0. The van der Waals surface area contributed by atoms with Crippen molar-refractivity contribution in [2.75, 3.05) is 34.4 Å². The van der Waals surface area contributed by atoms with Gasteiger partial charge in [-0.1, -0.05) is 24.3 Å². The van der Waals surface area contributed by atoms with Crippen LogP contribution in [0.15, 0.2) is 66.9 Å². The predicted octanol–water partition coefficient (Wildman–Crippen LogP) is 4.83. The molecule has 0 N–H and O–H groups in total. The zero-order valence-corrected chi connectivity index (χ0v) is 21.2. The third-order valence-corrected chi connectivity index (χ3v) is 7.08. The number of carbonyl (C=O) groups is 1. The van der Waals surface area contributed by atoms with Crippen LogP contribution >= 0.6 is 0 Å². The second-order valence-corrected chi connectivity index (χ2v) is 9.34. The molecule has 2 aromatic carbocycles. The van der Waals surface area contributed by atoms with Gasteiger partial charge in [-0.15, -0.1) is 0 Å². The Morgan fingerprint density at radius 3 is 2.56 bits per heavy atom. The summed E-state index contributed by atoms with van der Waals surface area (Å²) in [5.74, 6) is 1.02. The number of benzene rings is 2. The highest BCUT2D eigenvalue weighted by Crippen LogP contribution is 2.29. The van der Waals surface area contributed by atoms with Crippen LogP contribution in [0.5, 0.6) is 11.5 Å². The van der Waals surface area contributed by atoms with Crippen molar-refractivity contribution in [3.05, 3.63) is 89.5 Å². The lowest BCUT2D eigenvalue weighted by Gasteiger charge is -2.40. The Bertz CT molecular complexity index is 1150. The van der Waals surface area contributed by atoms with Gasteiger partial charge in [-0.3, -0.25) is 14.7 Å². The number of nitrogens with zero attached hydrogens (tertiary/aromatic N) is 3. The van der Waals surface area contributed by atoms with Gasteiger partial charge in [0.25, 0.3) is 5.91 Å². The van der Waals surface area contributed by atoms with Crippen LogP contribution in [0.3, 0.4) is 0 Å². The second kappa shape index (κ2) is 12.0. The first-order valence-electron chi connectivity index (χ1n) is 12.3. The molecule has 0 unspecified atom stereocenters.